The van der Waals surface area contributed by atoms with Crippen molar-refractivity contribution in [1.82, 2.24) is 18.8 Å². The van der Waals surface area contributed by atoms with Gasteiger partial charge in [0.1, 0.15) is 5.65 Å². The molecule has 0 amide bonds. The van der Waals surface area contributed by atoms with E-state index in [0.29, 0.717) is 42.9 Å². The lowest BCUT2D eigenvalue weighted by molar-refractivity contribution is 0.0266. The lowest BCUT2D eigenvalue weighted by Gasteiger charge is -2.51. The molecule has 182 valence electrons. The van der Waals surface area contributed by atoms with Gasteiger partial charge in [-0.2, -0.15) is 4.98 Å². The minimum absolute atomic E-state index is 0.169. The van der Waals surface area contributed by atoms with Crippen LogP contribution in [0.25, 0.3) is 11.0 Å². The summed E-state index contributed by atoms with van der Waals surface area (Å²) in [5.41, 5.74) is -0.441. The molecule has 3 aliphatic rings. The summed E-state index contributed by atoms with van der Waals surface area (Å²) in [6.07, 6.45) is 14.2. The van der Waals surface area contributed by atoms with Crippen LogP contribution in [-0.4, -0.2) is 63.4 Å². The van der Waals surface area contributed by atoms with Crippen LogP contribution in [0.1, 0.15) is 63.5 Å². The topological polar surface area (TPSA) is 117 Å². The van der Waals surface area contributed by atoms with Crippen molar-refractivity contribution < 1.29 is 13.5 Å². The summed E-state index contributed by atoms with van der Waals surface area (Å²) >= 11 is 0. The molecule has 2 N–H and O–H groups in total. The van der Waals surface area contributed by atoms with Crippen molar-refractivity contribution in [2.75, 3.05) is 24.7 Å². The number of terminal acetylenes is 1. The first kappa shape index (κ1) is 23.3. The number of aromatic nitrogens is 3. The molecule has 0 bridgehead atoms. The first-order chi connectivity index (χ1) is 16.0. The molecule has 10 heteroatoms. The second kappa shape index (κ2) is 8.04. The highest BCUT2D eigenvalue weighted by Gasteiger charge is 2.47. The number of hydrogen-bond donors (Lipinski definition) is 2. The third-order valence-corrected chi connectivity index (χ3v) is 9.37. The van der Waals surface area contributed by atoms with Gasteiger partial charge in [-0.15, -0.1) is 6.42 Å². The zero-order valence-corrected chi connectivity index (χ0v) is 20.4. The van der Waals surface area contributed by atoms with Crippen LogP contribution in [0.4, 0.5) is 5.95 Å². The molecule has 1 aliphatic heterocycles. The van der Waals surface area contributed by atoms with Crippen LogP contribution < -0.4 is 10.9 Å². The Kier molecular flexibility index (Phi) is 5.50. The van der Waals surface area contributed by atoms with Crippen molar-refractivity contribution in [2.45, 2.75) is 69.6 Å². The first-order valence-electron chi connectivity index (χ1n) is 11.8. The molecular weight excluding hydrogens is 454 g/mol. The highest BCUT2D eigenvalue weighted by Crippen LogP contribution is 2.50. The van der Waals surface area contributed by atoms with Gasteiger partial charge in [0.25, 0.3) is 5.56 Å². The van der Waals surface area contributed by atoms with Gasteiger partial charge in [0.05, 0.1) is 23.5 Å². The largest absolute Gasteiger partial charge is 0.388 e. The van der Waals surface area contributed by atoms with Crippen LogP contribution in [-0.2, 0) is 10.0 Å². The van der Waals surface area contributed by atoms with Gasteiger partial charge in [-0.1, -0.05) is 5.92 Å². The quantitative estimate of drug-likeness (QED) is 0.635. The van der Waals surface area contributed by atoms with E-state index in [2.05, 4.69) is 16.2 Å². The van der Waals surface area contributed by atoms with Crippen molar-refractivity contribution in [1.29, 1.82) is 0 Å². The Morgan fingerprint density at radius 2 is 1.97 bits per heavy atom. The monoisotopic (exact) mass is 485 g/mol. The molecular formula is C24H31N5O4S. The maximum Gasteiger partial charge on any atom is 0.268 e. The van der Waals surface area contributed by atoms with E-state index < -0.39 is 21.7 Å². The maximum atomic E-state index is 13.2. The minimum atomic E-state index is -3.13. The predicted molar refractivity (Wildman–Crippen MR) is 130 cm³/mol. The normalized spacial score (nSPS) is 27.5. The smallest absolute Gasteiger partial charge is 0.268 e. The lowest BCUT2D eigenvalue weighted by atomic mass is 9.60. The Morgan fingerprint density at radius 1 is 1.26 bits per heavy atom. The van der Waals surface area contributed by atoms with Gasteiger partial charge in [-0.25, -0.2) is 17.7 Å². The Bertz CT molecular complexity index is 1330. The molecule has 2 aliphatic carbocycles. The molecule has 2 aromatic rings. The van der Waals surface area contributed by atoms with Crippen LogP contribution >= 0.6 is 0 Å². The SMILES string of the molecule is C#Cc1cc2cnc(NC3CC4(CCN(S(C)(=O)=O)CC4)C3)nc2n([C@@H]2CCC[C@@]2(C)O)c1=O. The van der Waals surface area contributed by atoms with Gasteiger partial charge in [0.15, 0.2) is 0 Å². The molecule has 2 atom stereocenters. The second-order valence-corrected chi connectivity index (χ2v) is 12.5. The summed E-state index contributed by atoms with van der Waals surface area (Å²) in [7, 11) is -3.13. The Balaban J connectivity index is 1.38. The lowest BCUT2D eigenvalue weighted by Crippen LogP contribution is -2.52. The van der Waals surface area contributed by atoms with Crippen molar-refractivity contribution in [3.8, 4) is 12.3 Å². The molecule has 1 spiro atoms. The molecule has 9 nitrogen and oxygen atoms in total. The van der Waals surface area contributed by atoms with Crippen molar-refractivity contribution >= 4 is 27.0 Å². The number of hydrogen-bond acceptors (Lipinski definition) is 7. The van der Waals surface area contributed by atoms with Crippen LogP contribution in [0.2, 0.25) is 0 Å². The molecule has 0 radical (unpaired) electrons. The summed E-state index contributed by atoms with van der Waals surface area (Å²) in [5.74, 6) is 2.91. The van der Waals surface area contributed by atoms with Crippen LogP contribution in [0.5, 0.6) is 0 Å². The number of nitrogens with zero attached hydrogens (tertiary/aromatic N) is 4. The Morgan fingerprint density at radius 3 is 2.56 bits per heavy atom. The Labute approximate surface area is 199 Å². The number of sulfonamides is 1. The zero-order chi connectivity index (χ0) is 24.3. The molecule has 3 fully saturated rings. The number of nitrogens with one attached hydrogen (secondary N) is 1. The van der Waals surface area contributed by atoms with Gasteiger partial charge in [-0.3, -0.25) is 9.36 Å². The number of rotatable bonds is 4. The highest BCUT2D eigenvalue weighted by atomic mass is 32.2. The van der Waals surface area contributed by atoms with E-state index in [9.17, 15) is 18.3 Å². The number of aliphatic hydroxyl groups is 1. The van der Waals surface area contributed by atoms with Gasteiger partial charge in [-0.05, 0) is 63.4 Å². The van der Waals surface area contributed by atoms with Crippen LogP contribution in [0.15, 0.2) is 17.1 Å². The number of pyridine rings is 1. The fourth-order valence-electron chi connectivity index (χ4n) is 6.09. The summed E-state index contributed by atoms with van der Waals surface area (Å²) in [4.78, 5) is 22.3. The molecule has 5 rings (SSSR count). The zero-order valence-electron chi connectivity index (χ0n) is 19.6. The van der Waals surface area contributed by atoms with Crippen molar-refractivity contribution in [3.05, 3.63) is 28.2 Å². The predicted octanol–water partition coefficient (Wildman–Crippen LogP) is 1.86. The Hall–Kier alpha value is -2.48. The molecule has 2 aromatic heterocycles. The molecule has 0 unspecified atom stereocenters. The number of fused-ring (bicyclic) bond motifs is 1. The van der Waals surface area contributed by atoms with Crippen molar-refractivity contribution in [2.24, 2.45) is 5.41 Å². The molecule has 2 saturated carbocycles. The third-order valence-electron chi connectivity index (χ3n) is 8.06. The average molecular weight is 486 g/mol. The summed E-state index contributed by atoms with van der Waals surface area (Å²) in [6, 6.07) is 1.43. The first-order valence-corrected chi connectivity index (χ1v) is 13.7. The standard InChI is InChI=1S/C24H31N5O4S/c1-4-16-12-17-15-25-22(27-20(17)29(21(16)30)19-6-5-7-23(19,2)31)26-18-13-24(14-18)8-10-28(11-9-24)34(3,32)33/h1,12,15,18-19,31H,5-11,13-14H2,2-3H3,(H,25,26,27)/t19-,23-/m1/s1. The van der Waals surface area contributed by atoms with E-state index in [1.165, 1.54) is 6.26 Å². The number of anilines is 1. The second-order valence-electron chi connectivity index (χ2n) is 10.5. The van der Waals surface area contributed by atoms with Crippen LogP contribution in [0, 0.1) is 17.8 Å². The average Bonchev–Trinajstić information content (AvgIpc) is 3.10. The van der Waals surface area contributed by atoms with E-state index in [0.717, 1.165) is 32.1 Å². The maximum absolute atomic E-state index is 13.2. The summed E-state index contributed by atoms with van der Waals surface area (Å²) in [6.45, 7) is 2.90. The summed E-state index contributed by atoms with van der Waals surface area (Å²) < 4.78 is 26.7. The minimum Gasteiger partial charge on any atom is -0.388 e. The third kappa shape index (κ3) is 4.00. The van der Waals surface area contributed by atoms with E-state index >= 15 is 0 Å². The van der Waals surface area contributed by atoms with Gasteiger partial charge < -0.3 is 10.4 Å². The molecule has 34 heavy (non-hydrogen) atoms. The van der Waals surface area contributed by atoms with Crippen LogP contribution in [0.3, 0.4) is 0 Å². The van der Waals surface area contributed by atoms with Gasteiger partial charge in [0, 0.05) is 30.7 Å². The van der Waals surface area contributed by atoms with E-state index in [4.69, 9.17) is 11.4 Å². The van der Waals surface area contributed by atoms with E-state index in [-0.39, 0.29) is 22.6 Å². The van der Waals surface area contributed by atoms with Gasteiger partial charge in [0.2, 0.25) is 16.0 Å². The van der Waals surface area contributed by atoms with Crippen molar-refractivity contribution in [3.63, 3.8) is 0 Å². The number of piperidine rings is 1. The fourth-order valence-corrected chi connectivity index (χ4v) is 6.94. The van der Waals surface area contributed by atoms with Gasteiger partial charge >= 0.3 is 0 Å². The molecule has 1 saturated heterocycles. The molecule has 0 aromatic carbocycles. The molecule has 3 heterocycles. The van der Waals surface area contributed by atoms with E-state index in [1.54, 1.807) is 28.1 Å². The highest BCUT2D eigenvalue weighted by molar-refractivity contribution is 7.88. The fraction of sp³-hybridized carbons (Fsp3) is 0.625. The summed E-state index contributed by atoms with van der Waals surface area (Å²) in [5, 5.41) is 15.0. The van der Waals surface area contributed by atoms with E-state index in [1.807, 2.05) is 0 Å².